The standard InChI is InChI=1S/C19H24O/c1-3-10-18(11-4-1)14-7-8-16-20-17-9-15-19-12-5-2-6-13-19/h1-6,10-13H,7-9,14-17H2. The van der Waals surface area contributed by atoms with E-state index >= 15 is 0 Å². The van der Waals surface area contributed by atoms with E-state index in [1.807, 2.05) is 0 Å². The van der Waals surface area contributed by atoms with Gasteiger partial charge in [0, 0.05) is 13.2 Å². The van der Waals surface area contributed by atoms with Crippen LogP contribution in [0.1, 0.15) is 30.4 Å². The first-order chi connectivity index (χ1) is 9.95. The van der Waals surface area contributed by atoms with Gasteiger partial charge in [0.1, 0.15) is 0 Å². The van der Waals surface area contributed by atoms with Gasteiger partial charge in [0.05, 0.1) is 0 Å². The van der Waals surface area contributed by atoms with Gasteiger partial charge in [0.2, 0.25) is 0 Å². The molecule has 0 bridgehead atoms. The Balaban J connectivity index is 1.44. The van der Waals surface area contributed by atoms with Crippen molar-refractivity contribution in [1.29, 1.82) is 0 Å². The molecule has 0 aliphatic heterocycles. The van der Waals surface area contributed by atoms with Crippen LogP contribution < -0.4 is 0 Å². The zero-order chi connectivity index (χ0) is 13.9. The fourth-order valence-corrected chi connectivity index (χ4v) is 2.30. The third-order valence-corrected chi connectivity index (χ3v) is 3.44. The van der Waals surface area contributed by atoms with Crippen LogP contribution in [0.15, 0.2) is 60.7 Å². The molecule has 106 valence electrons. The maximum atomic E-state index is 5.69. The van der Waals surface area contributed by atoms with Gasteiger partial charge in [0.25, 0.3) is 0 Å². The molecule has 0 atom stereocenters. The van der Waals surface area contributed by atoms with Crippen molar-refractivity contribution >= 4 is 0 Å². The Morgan fingerprint density at radius 3 is 1.65 bits per heavy atom. The lowest BCUT2D eigenvalue weighted by Crippen LogP contribution is -1.99. The summed E-state index contributed by atoms with van der Waals surface area (Å²) < 4.78 is 5.69. The lowest BCUT2D eigenvalue weighted by molar-refractivity contribution is 0.128. The van der Waals surface area contributed by atoms with Crippen molar-refractivity contribution < 1.29 is 4.74 Å². The van der Waals surface area contributed by atoms with Crippen molar-refractivity contribution in [2.24, 2.45) is 0 Å². The van der Waals surface area contributed by atoms with E-state index in [2.05, 4.69) is 60.7 Å². The molecule has 0 radical (unpaired) electrons. The average Bonchev–Trinajstić information content (AvgIpc) is 2.52. The van der Waals surface area contributed by atoms with Crippen LogP contribution in [0.3, 0.4) is 0 Å². The average molecular weight is 268 g/mol. The molecule has 0 unspecified atom stereocenters. The second-order valence-corrected chi connectivity index (χ2v) is 5.14. The molecule has 1 heteroatoms. The largest absolute Gasteiger partial charge is 0.381 e. The third-order valence-electron chi connectivity index (χ3n) is 3.44. The van der Waals surface area contributed by atoms with Crippen molar-refractivity contribution in [2.45, 2.75) is 32.1 Å². The maximum absolute atomic E-state index is 5.69. The molecule has 20 heavy (non-hydrogen) atoms. The van der Waals surface area contributed by atoms with Gasteiger partial charge in [-0.25, -0.2) is 0 Å². The minimum atomic E-state index is 0.875. The van der Waals surface area contributed by atoms with Crippen molar-refractivity contribution in [2.75, 3.05) is 13.2 Å². The van der Waals surface area contributed by atoms with Gasteiger partial charge < -0.3 is 4.74 Å². The van der Waals surface area contributed by atoms with Gasteiger partial charge in [-0.3, -0.25) is 0 Å². The summed E-state index contributed by atoms with van der Waals surface area (Å²) in [7, 11) is 0. The van der Waals surface area contributed by atoms with Gasteiger partial charge in [-0.1, -0.05) is 60.7 Å². The van der Waals surface area contributed by atoms with Crippen molar-refractivity contribution in [1.82, 2.24) is 0 Å². The molecule has 0 aliphatic rings. The van der Waals surface area contributed by atoms with Crippen molar-refractivity contribution in [3.63, 3.8) is 0 Å². The highest BCUT2D eigenvalue weighted by atomic mass is 16.5. The van der Waals surface area contributed by atoms with Crippen molar-refractivity contribution in [3.05, 3.63) is 71.8 Å². The Hall–Kier alpha value is -1.60. The zero-order valence-corrected chi connectivity index (χ0v) is 12.1. The summed E-state index contributed by atoms with van der Waals surface area (Å²) in [6, 6.07) is 21.3. The van der Waals surface area contributed by atoms with Gasteiger partial charge >= 0.3 is 0 Å². The molecule has 1 nitrogen and oxygen atoms in total. The Bertz CT molecular complexity index is 404. The van der Waals surface area contributed by atoms with Gasteiger partial charge in [-0.15, -0.1) is 0 Å². The van der Waals surface area contributed by atoms with E-state index in [1.165, 1.54) is 17.5 Å². The highest BCUT2D eigenvalue weighted by molar-refractivity contribution is 5.15. The van der Waals surface area contributed by atoms with Crippen LogP contribution >= 0.6 is 0 Å². The monoisotopic (exact) mass is 268 g/mol. The van der Waals surface area contributed by atoms with E-state index in [4.69, 9.17) is 4.74 Å². The summed E-state index contributed by atoms with van der Waals surface area (Å²) in [4.78, 5) is 0. The summed E-state index contributed by atoms with van der Waals surface area (Å²) in [6.07, 6.45) is 5.75. The summed E-state index contributed by atoms with van der Waals surface area (Å²) in [5, 5.41) is 0. The molecule has 0 aliphatic carbocycles. The molecule has 0 aromatic heterocycles. The summed E-state index contributed by atoms with van der Waals surface area (Å²) in [5.41, 5.74) is 2.83. The van der Waals surface area contributed by atoms with E-state index < -0.39 is 0 Å². The minimum absolute atomic E-state index is 0.875. The highest BCUT2D eigenvalue weighted by Crippen LogP contribution is 2.05. The quantitative estimate of drug-likeness (QED) is 0.601. The first-order valence-corrected chi connectivity index (χ1v) is 7.61. The van der Waals surface area contributed by atoms with Crippen LogP contribution in [0.4, 0.5) is 0 Å². The van der Waals surface area contributed by atoms with Crippen LogP contribution in [0, 0.1) is 0 Å². The number of benzene rings is 2. The first kappa shape index (κ1) is 14.8. The van der Waals surface area contributed by atoms with Crippen LogP contribution in [0.5, 0.6) is 0 Å². The lowest BCUT2D eigenvalue weighted by Gasteiger charge is -2.05. The Morgan fingerprint density at radius 2 is 1.05 bits per heavy atom. The Kier molecular flexibility index (Phi) is 6.90. The molecule has 0 saturated carbocycles. The van der Waals surface area contributed by atoms with Crippen molar-refractivity contribution in [3.8, 4) is 0 Å². The molecule has 0 spiro atoms. The topological polar surface area (TPSA) is 9.23 Å². The number of ether oxygens (including phenoxy) is 1. The number of hydrogen-bond donors (Lipinski definition) is 0. The molecule has 0 amide bonds. The second-order valence-electron chi connectivity index (χ2n) is 5.14. The highest BCUT2D eigenvalue weighted by Gasteiger charge is 1.94. The summed E-state index contributed by atoms with van der Waals surface area (Å²) in [6.45, 7) is 1.77. The molecule has 2 rings (SSSR count). The van der Waals surface area contributed by atoms with Gasteiger partial charge in [0.15, 0.2) is 0 Å². The molecule has 2 aromatic rings. The maximum Gasteiger partial charge on any atom is 0.0469 e. The number of aryl methyl sites for hydroxylation is 2. The molecular formula is C19H24O. The van der Waals surface area contributed by atoms with E-state index in [1.54, 1.807) is 0 Å². The molecule has 0 saturated heterocycles. The molecular weight excluding hydrogens is 244 g/mol. The van der Waals surface area contributed by atoms with Crippen LogP contribution in [0.25, 0.3) is 0 Å². The predicted molar refractivity (Wildman–Crippen MR) is 85.0 cm³/mol. The lowest BCUT2D eigenvalue weighted by atomic mass is 10.1. The summed E-state index contributed by atoms with van der Waals surface area (Å²) in [5.74, 6) is 0. The van der Waals surface area contributed by atoms with E-state index in [-0.39, 0.29) is 0 Å². The van der Waals surface area contributed by atoms with E-state index in [9.17, 15) is 0 Å². The molecule has 0 N–H and O–H groups in total. The fraction of sp³-hybridized carbons (Fsp3) is 0.368. The number of rotatable bonds is 9. The molecule has 0 fully saturated rings. The first-order valence-electron chi connectivity index (χ1n) is 7.61. The zero-order valence-electron chi connectivity index (χ0n) is 12.1. The molecule has 0 heterocycles. The van der Waals surface area contributed by atoms with E-state index in [0.717, 1.165) is 38.9 Å². The number of unbranched alkanes of at least 4 members (excludes halogenated alkanes) is 1. The third kappa shape index (κ3) is 6.03. The second kappa shape index (κ2) is 9.33. The van der Waals surface area contributed by atoms with Crippen LogP contribution in [0.2, 0.25) is 0 Å². The predicted octanol–water partition coefficient (Wildman–Crippen LogP) is 4.66. The molecule has 2 aromatic carbocycles. The normalized spacial score (nSPS) is 10.6. The smallest absolute Gasteiger partial charge is 0.0469 e. The van der Waals surface area contributed by atoms with Gasteiger partial charge in [-0.2, -0.15) is 0 Å². The SMILES string of the molecule is c1ccc(CCCCOCCCc2ccccc2)cc1. The number of hydrogen-bond acceptors (Lipinski definition) is 1. The fourth-order valence-electron chi connectivity index (χ4n) is 2.30. The van der Waals surface area contributed by atoms with Crippen LogP contribution in [-0.2, 0) is 17.6 Å². The van der Waals surface area contributed by atoms with E-state index in [0.29, 0.717) is 0 Å². The van der Waals surface area contributed by atoms with Crippen LogP contribution in [-0.4, -0.2) is 13.2 Å². The summed E-state index contributed by atoms with van der Waals surface area (Å²) >= 11 is 0. The minimum Gasteiger partial charge on any atom is -0.381 e. The Labute approximate surface area is 122 Å². The Morgan fingerprint density at radius 1 is 0.550 bits per heavy atom. The van der Waals surface area contributed by atoms with Gasteiger partial charge in [-0.05, 0) is 43.2 Å².